The maximum absolute atomic E-state index is 12.0. The Morgan fingerprint density at radius 1 is 1.00 bits per heavy atom. The lowest BCUT2D eigenvalue weighted by atomic mass is 9.82. The summed E-state index contributed by atoms with van der Waals surface area (Å²) in [6, 6.07) is 0. The molecule has 6 nitrogen and oxygen atoms in total. The zero-order chi connectivity index (χ0) is 15.1. The van der Waals surface area contributed by atoms with Crippen LogP contribution in [0.2, 0.25) is 0 Å². The molecule has 19 heavy (non-hydrogen) atoms. The lowest BCUT2D eigenvalue weighted by molar-refractivity contribution is -0.172. The summed E-state index contributed by atoms with van der Waals surface area (Å²) in [7, 11) is -3.28. The van der Waals surface area contributed by atoms with Gasteiger partial charge in [0.15, 0.2) is 5.41 Å². The fourth-order valence-electron chi connectivity index (χ4n) is 1.65. The van der Waals surface area contributed by atoms with Gasteiger partial charge in [-0.25, -0.2) is 8.42 Å². The van der Waals surface area contributed by atoms with E-state index in [1.807, 2.05) is 0 Å². The van der Waals surface area contributed by atoms with Crippen molar-refractivity contribution in [3.63, 3.8) is 0 Å². The number of rotatable bonds is 8. The monoisotopic (exact) mass is 294 g/mol. The third-order valence-electron chi connectivity index (χ3n) is 2.84. The number of esters is 2. The topological polar surface area (TPSA) is 86.7 Å². The van der Waals surface area contributed by atoms with Gasteiger partial charge in [-0.2, -0.15) is 0 Å². The summed E-state index contributed by atoms with van der Waals surface area (Å²) >= 11 is 0. The van der Waals surface area contributed by atoms with Crippen molar-refractivity contribution in [3.05, 3.63) is 0 Å². The maximum atomic E-state index is 12.0. The second-order valence-electron chi connectivity index (χ2n) is 4.26. The zero-order valence-electron chi connectivity index (χ0n) is 11.9. The van der Waals surface area contributed by atoms with E-state index in [9.17, 15) is 18.0 Å². The van der Waals surface area contributed by atoms with Crippen LogP contribution < -0.4 is 0 Å². The number of ether oxygens (including phenoxy) is 2. The molecule has 0 heterocycles. The van der Waals surface area contributed by atoms with E-state index < -0.39 is 27.2 Å². The molecular formula is C12H22O6S. The van der Waals surface area contributed by atoms with Crippen LogP contribution in [-0.4, -0.2) is 45.6 Å². The number of hydrogen-bond acceptors (Lipinski definition) is 6. The van der Waals surface area contributed by atoms with Crippen LogP contribution in [0.1, 0.15) is 33.6 Å². The average Bonchev–Trinajstić information content (AvgIpc) is 2.29. The van der Waals surface area contributed by atoms with Crippen LogP contribution in [0.3, 0.4) is 0 Å². The first kappa shape index (κ1) is 17.9. The van der Waals surface area contributed by atoms with Gasteiger partial charge in [0.2, 0.25) is 0 Å². The van der Waals surface area contributed by atoms with Gasteiger partial charge >= 0.3 is 11.9 Å². The van der Waals surface area contributed by atoms with Gasteiger partial charge in [-0.1, -0.05) is 6.92 Å². The number of carbonyl (C=O) groups is 2. The number of carbonyl (C=O) groups excluding carboxylic acids is 2. The summed E-state index contributed by atoms with van der Waals surface area (Å²) < 4.78 is 32.3. The molecule has 0 N–H and O–H groups in total. The first-order valence-corrected chi connectivity index (χ1v) is 8.31. The van der Waals surface area contributed by atoms with Crippen molar-refractivity contribution in [1.29, 1.82) is 0 Å². The van der Waals surface area contributed by atoms with Crippen LogP contribution in [0, 0.1) is 5.41 Å². The van der Waals surface area contributed by atoms with E-state index >= 15 is 0 Å². The highest BCUT2D eigenvalue weighted by atomic mass is 32.2. The third kappa shape index (κ3) is 5.18. The Morgan fingerprint density at radius 2 is 1.42 bits per heavy atom. The van der Waals surface area contributed by atoms with Crippen molar-refractivity contribution < 1.29 is 27.5 Å². The molecule has 0 aromatic carbocycles. The van der Waals surface area contributed by atoms with E-state index in [0.29, 0.717) is 0 Å². The summed E-state index contributed by atoms with van der Waals surface area (Å²) in [6.45, 7) is 5.13. The summed E-state index contributed by atoms with van der Waals surface area (Å²) in [4.78, 5) is 24.0. The third-order valence-corrected chi connectivity index (χ3v) is 3.78. The predicted octanol–water partition coefficient (Wildman–Crippen LogP) is 0.944. The van der Waals surface area contributed by atoms with E-state index in [4.69, 9.17) is 9.47 Å². The maximum Gasteiger partial charge on any atom is 0.323 e. The van der Waals surface area contributed by atoms with Crippen molar-refractivity contribution in [1.82, 2.24) is 0 Å². The molecule has 0 aromatic rings. The predicted molar refractivity (Wildman–Crippen MR) is 70.3 cm³/mol. The van der Waals surface area contributed by atoms with Crippen LogP contribution >= 0.6 is 0 Å². The standard InChI is InChI=1S/C12H22O6S/c1-5-12(10(13)17-6-2,11(14)18-7-3)8-9-19(4,15)16/h5-9H2,1-4H3. The molecule has 0 aliphatic heterocycles. The molecular weight excluding hydrogens is 272 g/mol. The molecule has 0 unspecified atom stereocenters. The van der Waals surface area contributed by atoms with E-state index in [-0.39, 0.29) is 31.8 Å². The van der Waals surface area contributed by atoms with Crippen LogP contribution in [0.25, 0.3) is 0 Å². The second-order valence-corrected chi connectivity index (χ2v) is 6.52. The SMILES string of the molecule is CCOC(=O)C(CC)(CCS(C)(=O)=O)C(=O)OCC. The first-order chi connectivity index (χ1) is 8.73. The average molecular weight is 294 g/mol. The minimum absolute atomic E-state index is 0.124. The summed E-state index contributed by atoms with van der Waals surface area (Å²) in [6.07, 6.45) is 1.07. The summed E-state index contributed by atoms with van der Waals surface area (Å²) in [5.41, 5.74) is -1.53. The minimum Gasteiger partial charge on any atom is -0.465 e. The van der Waals surface area contributed by atoms with Crippen LogP contribution in [-0.2, 0) is 28.9 Å². The highest BCUT2D eigenvalue weighted by Crippen LogP contribution is 2.31. The molecule has 0 aliphatic rings. The molecule has 7 heteroatoms. The van der Waals surface area contributed by atoms with Gasteiger partial charge in [0.25, 0.3) is 0 Å². The lowest BCUT2D eigenvalue weighted by Gasteiger charge is -2.27. The molecule has 0 aliphatic carbocycles. The first-order valence-electron chi connectivity index (χ1n) is 6.25. The summed E-state index contributed by atoms with van der Waals surface area (Å²) in [5.74, 6) is -1.71. The highest BCUT2D eigenvalue weighted by Gasteiger charge is 2.47. The smallest absolute Gasteiger partial charge is 0.323 e. The Hall–Kier alpha value is -1.11. The Labute approximate surface area is 114 Å². The van der Waals surface area contributed by atoms with Crippen molar-refractivity contribution in [2.45, 2.75) is 33.6 Å². The minimum atomic E-state index is -3.28. The van der Waals surface area contributed by atoms with Crippen LogP contribution in [0.15, 0.2) is 0 Å². The quantitative estimate of drug-likeness (QED) is 0.489. The largest absolute Gasteiger partial charge is 0.465 e. The fraction of sp³-hybridized carbons (Fsp3) is 0.833. The van der Waals surface area contributed by atoms with Gasteiger partial charge in [0, 0.05) is 6.26 Å². The molecule has 0 atom stereocenters. The van der Waals surface area contributed by atoms with E-state index in [2.05, 4.69) is 0 Å². The molecule has 0 fully saturated rings. The van der Waals surface area contributed by atoms with E-state index in [1.54, 1.807) is 20.8 Å². The van der Waals surface area contributed by atoms with Gasteiger partial charge in [0.05, 0.1) is 19.0 Å². The van der Waals surface area contributed by atoms with Gasteiger partial charge in [-0.3, -0.25) is 9.59 Å². The molecule has 0 aromatic heterocycles. The van der Waals surface area contributed by atoms with Crippen LogP contribution in [0.4, 0.5) is 0 Å². The Morgan fingerprint density at radius 3 is 1.68 bits per heavy atom. The molecule has 0 saturated carbocycles. The Kier molecular flexibility index (Phi) is 7.04. The Bertz CT molecular complexity index is 394. The van der Waals surface area contributed by atoms with Crippen molar-refractivity contribution in [2.24, 2.45) is 5.41 Å². The van der Waals surface area contributed by atoms with Crippen LogP contribution in [0.5, 0.6) is 0 Å². The van der Waals surface area contributed by atoms with Crippen molar-refractivity contribution in [3.8, 4) is 0 Å². The number of hydrogen-bond donors (Lipinski definition) is 0. The molecule has 0 rings (SSSR count). The molecule has 0 saturated heterocycles. The molecule has 0 amide bonds. The second kappa shape index (κ2) is 7.47. The van der Waals surface area contributed by atoms with E-state index in [1.165, 1.54) is 0 Å². The summed E-state index contributed by atoms with van der Waals surface area (Å²) in [5, 5.41) is 0. The number of sulfone groups is 1. The van der Waals surface area contributed by atoms with Gasteiger partial charge in [-0.15, -0.1) is 0 Å². The van der Waals surface area contributed by atoms with Gasteiger partial charge in [-0.05, 0) is 26.7 Å². The van der Waals surface area contributed by atoms with Crippen molar-refractivity contribution in [2.75, 3.05) is 25.2 Å². The van der Waals surface area contributed by atoms with Gasteiger partial charge < -0.3 is 9.47 Å². The fourth-order valence-corrected chi connectivity index (χ4v) is 2.37. The van der Waals surface area contributed by atoms with Gasteiger partial charge in [0.1, 0.15) is 9.84 Å². The molecule has 0 bridgehead atoms. The highest BCUT2D eigenvalue weighted by molar-refractivity contribution is 7.90. The normalized spacial score (nSPS) is 12.0. The molecule has 0 radical (unpaired) electrons. The lowest BCUT2D eigenvalue weighted by Crippen LogP contribution is -2.43. The van der Waals surface area contributed by atoms with Crippen molar-refractivity contribution >= 4 is 21.8 Å². The zero-order valence-corrected chi connectivity index (χ0v) is 12.7. The molecule has 0 spiro atoms. The Balaban J connectivity index is 5.28. The molecule has 112 valence electrons. The van der Waals surface area contributed by atoms with E-state index in [0.717, 1.165) is 6.26 Å².